The average Bonchev–Trinajstić information content (AvgIpc) is 4.32. The van der Waals surface area contributed by atoms with E-state index >= 15 is 0 Å². The molecule has 2 aliphatic heterocycles. The molecule has 6 aromatic heterocycles. The molecule has 10 rings (SSSR count). The number of rotatable bonds is 14. The molecule has 0 unspecified atom stereocenters. The average molecular weight is 1280 g/mol. The van der Waals surface area contributed by atoms with E-state index in [0.29, 0.717) is 54.1 Å². The van der Waals surface area contributed by atoms with Crippen LogP contribution < -0.4 is 25.4 Å². The van der Waals surface area contributed by atoms with Crippen molar-refractivity contribution in [3.8, 4) is 23.5 Å². The van der Waals surface area contributed by atoms with E-state index in [9.17, 15) is 37.5 Å². The summed E-state index contributed by atoms with van der Waals surface area (Å²) in [6.07, 6.45) is 4.29. The number of amides is 3. The monoisotopic (exact) mass is 1270 g/mol. The zero-order chi connectivity index (χ0) is 58.2. The quantitative estimate of drug-likeness (QED) is 0.0585. The van der Waals surface area contributed by atoms with Crippen LogP contribution in [0, 0.1) is 27.7 Å². The van der Waals surface area contributed by atoms with Gasteiger partial charge in [0.05, 0.1) is 23.6 Å². The molecule has 82 heavy (non-hydrogen) atoms. The van der Waals surface area contributed by atoms with Gasteiger partial charge in [0.25, 0.3) is 0 Å². The molecule has 2 saturated heterocycles. The highest BCUT2D eigenvalue weighted by Crippen LogP contribution is 2.30. The molecule has 4 atom stereocenters. The lowest BCUT2D eigenvalue weighted by Gasteiger charge is -2.24. The number of halogens is 5. The fourth-order valence-electron chi connectivity index (χ4n) is 8.50. The minimum atomic E-state index is -1.36. The molecule has 2 aliphatic rings. The van der Waals surface area contributed by atoms with E-state index in [1.54, 1.807) is 86.3 Å². The number of hydrogen-bond donors (Lipinski definition) is 4. The van der Waals surface area contributed by atoms with E-state index in [-0.39, 0.29) is 92.3 Å². The first-order valence-corrected chi connectivity index (χ1v) is 26.5. The smallest absolute Gasteiger partial charge is 0.325 e. The van der Waals surface area contributed by atoms with Gasteiger partial charge in [0.15, 0.2) is 11.6 Å². The molecule has 0 spiro atoms. The number of carbonyl (C=O) groups excluding carboxylic acids is 5. The summed E-state index contributed by atoms with van der Waals surface area (Å²) in [5, 5.41) is 26.6. The fourth-order valence-corrected chi connectivity index (χ4v) is 9.12. The topological polar surface area (TPSA) is 293 Å². The van der Waals surface area contributed by atoms with Crippen molar-refractivity contribution >= 4 is 113 Å². The number of alkyl halides is 2. The molecule has 2 aromatic carbocycles. The van der Waals surface area contributed by atoms with Crippen molar-refractivity contribution < 1.29 is 52.1 Å². The van der Waals surface area contributed by atoms with Gasteiger partial charge >= 0.3 is 18.0 Å². The van der Waals surface area contributed by atoms with Gasteiger partial charge in [-0.15, -0.1) is 12.4 Å². The number of nitrogens with zero attached hydrogens (tertiary/aromatic N) is 11. The number of carboxylic acids is 1. The minimum absolute atomic E-state index is 0. The molecule has 2 fully saturated rings. The second-order valence-electron chi connectivity index (χ2n) is 18.9. The van der Waals surface area contributed by atoms with E-state index in [4.69, 9.17) is 14.6 Å². The number of aryl methyl sites for hydroxylation is 4. The number of ketones is 2. The van der Waals surface area contributed by atoms with Crippen molar-refractivity contribution in [2.24, 2.45) is 0 Å². The molecular weight excluding hydrogens is 1220 g/mol. The summed E-state index contributed by atoms with van der Waals surface area (Å²) in [6, 6.07) is 15.9. The lowest BCUT2D eigenvalue weighted by atomic mass is 10.1. The van der Waals surface area contributed by atoms with E-state index in [0.717, 1.165) is 22.3 Å². The maximum Gasteiger partial charge on any atom is 0.325 e. The van der Waals surface area contributed by atoms with Gasteiger partial charge in [-0.1, -0.05) is 12.1 Å². The Morgan fingerprint density at radius 1 is 0.659 bits per heavy atom. The van der Waals surface area contributed by atoms with Gasteiger partial charge in [0.1, 0.15) is 75.2 Å². The predicted molar refractivity (Wildman–Crippen MR) is 305 cm³/mol. The number of pyridine rings is 2. The van der Waals surface area contributed by atoms with Crippen LogP contribution in [-0.4, -0.2) is 132 Å². The van der Waals surface area contributed by atoms with E-state index in [2.05, 4.69) is 87.9 Å². The van der Waals surface area contributed by atoms with Crippen LogP contribution in [0.15, 0.2) is 94.7 Å². The van der Waals surface area contributed by atoms with Crippen LogP contribution in [0.1, 0.15) is 69.9 Å². The number of carbonyl (C=O) groups is 6. The number of carboxylic acid groups (broad SMARTS) is 1. The Morgan fingerprint density at radius 3 is 1.56 bits per heavy atom. The molecule has 3 amide bonds. The molecule has 0 aliphatic carbocycles. The number of aromatic nitrogens is 10. The fraction of sp³-hybridized carbons (Fsp3) is 0.296. The highest BCUT2D eigenvalue weighted by molar-refractivity contribution is 9.10. The molecule has 8 heterocycles. The summed E-state index contributed by atoms with van der Waals surface area (Å²) in [4.78, 5) is 99.4. The van der Waals surface area contributed by atoms with Gasteiger partial charge in [-0.05, 0) is 130 Å². The zero-order valence-electron chi connectivity index (χ0n) is 44.7. The largest absolute Gasteiger partial charge is 0.480 e. The minimum Gasteiger partial charge on any atom is -0.480 e. The van der Waals surface area contributed by atoms with Crippen molar-refractivity contribution in [3.05, 3.63) is 128 Å². The van der Waals surface area contributed by atoms with Gasteiger partial charge < -0.3 is 35.4 Å². The van der Waals surface area contributed by atoms with Gasteiger partial charge in [0.2, 0.25) is 17.7 Å². The summed E-state index contributed by atoms with van der Waals surface area (Å²) < 4.78 is 42.6. The van der Waals surface area contributed by atoms with Crippen molar-refractivity contribution in [2.75, 3.05) is 23.7 Å². The first kappa shape index (κ1) is 61.4. The molecule has 23 nitrogen and oxygen atoms in total. The lowest BCUT2D eigenvalue weighted by molar-refractivity contribution is -0.138. The number of nitrogens with one attached hydrogen (secondary N) is 3. The number of benzene rings is 2. The first-order chi connectivity index (χ1) is 38.6. The highest BCUT2D eigenvalue weighted by atomic mass is 79.9. The Morgan fingerprint density at radius 2 is 1.12 bits per heavy atom. The van der Waals surface area contributed by atoms with Crippen LogP contribution in [0.25, 0.3) is 21.8 Å². The van der Waals surface area contributed by atoms with Crippen LogP contribution in [-0.2, 0) is 32.3 Å². The Balaban J connectivity index is 0.000000195. The summed E-state index contributed by atoms with van der Waals surface area (Å²) in [5.74, 6) is -1.22. The number of fused-ring (bicyclic) bond motifs is 2. The van der Waals surface area contributed by atoms with Crippen molar-refractivity contribution in [1.29, 1.82) is 0 Å². The number of Topliss-reactive ketones (excluding diaryl/α,β-unsaturated/α-hetero) is 2. The van der Waals surface area contributed by atoms with Crippen LogP contribution >= 0.6 is 44.3 Å². The molecule has 0 bridgehead atoms. The zero-order valence-corrected chi connectivity index (χ0v) is 48.7. The summed E-state index contributed by atoms with van der Waals surface area (Å²) in [5.41, 5.74) is 4.77. The van der Waals surface area contributed by atoms with Gasteiger partial charge in [-0.25, -0.2) is 38.7 Å². The summed E-state index contributed by atoms with van der Waals surface area (Å²) >= 11 is 6.51. The maximum absolute atomic E-state index is 14.5. The first-order valence-electron chi connectivity index (χ1n) is 25.0. The third-order valence-electron chi connectivity index (χ3n) is 12.5. The van der Waals surface area contributed by atoms with Gasteiger partial charge in [-0.2, -0.15) is 10.2 Å². The summed E-state index contributed by atoms with van der Waals surface area (Å²) in [7, 11) is 0. The molecule has 0 radical (unpaired) electrons. The number of ether oxygens (including phenoxy) is 2. The Kier molecular flexibility index (Phi) is 20.2. The number of anilines is 2. The second kappa shape index (κ2) is 27.0. The molecular formula is C54H53Br2ClF2N14O9. The normalized spacial score (nSPS) is 16.2. The van der Waals surface area contributed by atoms with Gasteiger partial charge in [-0.3, -0.25) is 38.1 Å². The lowest BCUT2D eigenvalue weighted by Crippen LogP contribution is -2.44. The third-order valence-corrected chi connectivity index (χ3v) is 13.4. The third kappa shape index (κ3) is 15.4. The Labute approximate surface area is 489 Å². The predicted octanol–water partition coefficient (Wildman–Crippen LogP) is 8.60. The molecule has 0 saturated carbocycles. The Hall–Kier alpha value is -8.27. The van der Waals surface area contributed by atoms with Crippen molar-refractivity contribution in [2.45, 2.75) is 91.9 Å². The number of aliphatic carboxylic acids is 1. The highest BCUT2D eigenvalue weighted by Gasteiger charge is 2.40. The van der Waals surface area contributed by atoms with Crippen LogP contribution in [0.2, 0.25) is 0 Å². The molecule has 8 aromatic rings. The SMILES string of the molecule is CC(=O)c1nn(CC(=O)N2C[C@H](F)C[C@H]2C(=O)Nc2nc(Br)ccc2C)c2ccc(Oc3ncc(C)cn3)cc12.CC(=O)c1nn(CC(=O)O)c2ccc(Oc3ncc(C)cn3)cc12.Cc1ccc(Br)nc1NC(=O)[C@@H]1C[C@@H](F)CN1.Cl. The van der Waals surface area contributed by atoms with E-state index in [1.807, 2.05) is 26.8 Å². The Bertz CT molecular complexity index is 3710. The summed E-state index contributed by atoms with van der Waals surface area (Å²) in [6.45, 7) is 9.50. The van der Waals surface area contributed by atoms with Crippen LogP contribution in [0.5, 0.6) is 23.5 Å². The van der Waals surface area contributed by atoms with Crippen LogP contribution in [0.3, 0.4) is 0 Å². The van der Waals surface area contributed by atoms with Crippen molar-refractivity contribution in [3.63, 3.8) is 0 Å². The molecule has 4 N–H and O–H groups in total. The second-order valence-corrected chi connectivity index (χ2v) is 20.6. The van der Waals surface area contributed by atoms with Gasteiger partial charge in [0, 0.05) is 68.8 Å². The number of likely N-dealkylation sites (tertiary alicyclic amines) is 1. The van der Waals surface area contributed by atoms with E-state index < -0.39 is 42.2 Å². The molecule has 28 heteroatoms. The molecule has 428 valence electrons. The van der Waals surface area contributed by atoms with E-state index in [1.165, 1.54) is 28.1 Å². The van der Waals surface area contributed by atoms with Crippen LogP contribution in [0.4, 0.5) is 20.4 Å². The number of hydrogen-bond acceptors (Lipinski definition) is 17. The maximum atomic E-state index is 14.5. The standard InChI is InChI=1S/C27H25BrFN7O4.C16H14N4O4.C11H13BrFN3O.ClH/c1-14-10-30-27(31-11-14)40-18-5-6-20-19(9-18)24(16(3)37)34-36(20)13-23(38)35-12-17(29)8-21(35)26(39)33-25-15(2)4-7-22(28)32-25;1-9-6-17-16(18-7-9)24-11-3-4-13-12(5-11)15(10(2)21)19-20(13)8-14(22)23;1-6-2-3-9(12)15-10(6)16-11(17)8-4-7(13)5-14-8;/h4-7,9-11,17,21H,8,12-13H2,1-3H3,(H,32,33,39);3-7H,8H2,1-2H3,(H,22,23);2-3,7-8,14H,4-5H2,1H3,(H,15,16,17);1H/t17-,21+;;7-,8+;/m1.1./s1. The van der Waals surface area contributed by atoms with Crippen molar-refractivity contribution in [1.82, 2.24) is 59.7 Å².